The van der Waals surface area contributed by atoms with E-state index in [1.165, 1.54) is 11.1 Å². The maximum Gasteiger partial charge on any atom is 0.239 e. The van der Waals surface area contributed by atoms with E-state index in [0.717, 1.165) is 24.4 Å². The molecule has 0 heterocycles. The zero-order valence-corrected chi connectivity index (χ0v) is 18.5. The number of halogens is 2. The van der Waals surface area contributed by atoms with Gasteiger partial charge in [0.25, 0.3) is 0 Å². The van der Waals surface area contributed by atoms with E-state index in [9.17, 15) is 4.79 Å². The fourth-order valence-electron chi connectivity index (χ4n) is 2.41. The van der Waals surface area contributed by atoms with Crippen LogP contribution in [0.3, 0.4) is 0 Å². The second-order valence-electron chi connectivity index (χ2n) is 5.81. The Hall–Kier alpha value is -1.80. The molecule has 27 heavy (non-hydrogen) atoms. The molecule has 1 amide bonds. The van der Waals surface area contributed by atoms with Crippen molar-refractivity contribution in [2.24, 2.45) is 4.99 Å². The largest absolute Gasteiger partial charge is 0.356 e. The molecule has 0 saturated heterocycles. The molecule has 0 unspecified atom stereocenters. The van der Waals surface area contributed by atoms with Crippen LogP contribution in [0.2, 0.25) is 5.02 Å². The van der Waals surface area contributed by atoms with Crippen molar-refractivity contribution in [2.45, 2.75) is 12.8 Å². The van der Waals surface area contributed by atoms with E-state index in [4.69, 9.17) is 11.6 Å². The smallest absolute Gasteiger partial charge is 0.239 e. The lowest BCUT2D eigenvalue weighted by Gasteiger charge is -2.12. The second kappa shape index (κ2) is 13.4. The first-order valence-corrected chi connectivity index (χ1v) is 9.05. The predicted molar refractivity (Wildman–Crippen MR) is 123 cm³/mol. The van der Waals surface area contributed by atoms with E-state index in [2.05, 4.69) is 33.1 Å². The molecule has 2 rings (SSSR count). The van der Waals surface area contributed by atoms with Crippen molar-refractivity contribution in [1.82, 2.24) is 16.0 Å². The first-order chi connectivity index (χ1) is 12.7. The standard InChI is InChI=1S/C20H25ClN4O.HI/c1-22-20(24-14-12-17-7-9-18(21)10-8-17)25-15-19(26)23-13-11-16-5-3-2-4-6-16;/h2-10H,11-15H2,1H3,(H,23,26)(H2,22,24,25);1H. The van der Waals surface area contributed by atoms with Crippen LogP contribution in [0, 0.1) is 0 Å². The van der Waals surface area contributed by atoms with E-state index < -0.39 is 0 Å². The number of rotatable bonds is 8. The molecule has 5 nitrogen and oxygen atoms in total. The van der Waals surface area contributed by atoms with Crippen molar-refractivity contribution in [3.63, 3.8) is 0 Å². The van der Waals surface area contributed by atoms with Crippen LogP contribution in [0.4, 0.5) is 0 Å². The summed E-state index contributed by atoms with van der Waals surface area (Å²) in [7, 11) is 1.69. The Morgan fingerprint density at radius 3 is 2.11 bits per heavy atom. The number of nitrogens with zero attached hydrogens (tertiary/aromatic N) is 1. The van der Waals surface area contributed by atoms with Crippen LogP contribution in [-0.2, 0) is 17.6 Å². The van der Waals surface area contributed by atoms with Gasteiger partial charge in [0.05, 0.1) is 6.54 Å². The molecule has 0 fully saturated rings. The summed E-state index contributed by atoms with van der Waals surface area (Å²) in [4.78, 5) is 16.0. The summed E-state index contributed by atoms with van der Waals surface area (Å²) in [6, 6.07) is 17.8. The minimum Gasteiger partial charge on any atom is -0.356 e. The Bertz CT molecular complexity index is 708. The van der Waals surface area contributed by atoms with Crippen LogP contribution in [0.25, 0.3) is 0 Å². The number of hydrogen-bond acceptors (Lipinski definition) is 2. The molecule has 0 aliphatic rings. The number of carbonyl (C=O) groups excluding carboxylic acids is 1. The zero-order valence-electron chi connectivity index (χ0n) is 15.4. The second-order valence-corrected chi connectivity index (χ2v) is 6.25. The van der Waals surface area contributed by atoms with Crippen LogP contribution in [0.1, 0.15) is 11.1 Å². The van der Waals surface area contributed by atoms with Gasteiger partial charge in [-0.15, -0.1) is 24.0 Å². The molecule has 146 valence electrons. The van der Waals surface area contributed by atoms with E-state index in [1.54, 1.807) is 7.05 Å². The van der Waals surface area contributed by atoms with Gasteiger partial charge in [-0.1, -0.05) is 54.1 Å². The highest BCUT2D eigenvalue weighted by atomic mass is 127. The average Bonchev–Trinajstić information content (AvgIpc) is 2.67. The van der Waals surface area contributed by atoms with Gasteiger partial charge in [-0.05, 0) is 36.1 Å². The topological polar surface area (TPSA) is 65.5 Å². The molecule has 0 aliphatic carbocycles. The van der Waals surface area contributed by atoms with Gasteiger partial charge in [-0.3, -0.25) is 9.79 Å². The lowest BCUT2D eigenvalue weighted by atomic mass is 10.1. The highest BCUT2D eigenvalue weighted by molar-refractivity contribution is 14.0. The Morgan fingerprint density at radius 1 is 0.889 bits per heavy atom. The van der Waals surface area contributed by atoms with E-state index in [-0.39, 0.29) is 36.4 Å². The predicted octanol–water partition coefficient (Wildman–Crippen LogP) is 3.02. The lowest BCUT2D eigenvalue weighted by molar-refractivity contribution is -0.119. The number of benzene rings is 2. The molecule has 0 aromatic heterocycles. The van der Waals surface area contributed by atoms with Gasteiger partial charge in [-0.25, -0.2) is 0 Å². The van der Waals surface area contributed by atoms with Crippen LogP contribution in [-0.4, -0.2) is 38.5 Å². The summed E-state index contributed by atoms with van der Waals surface area (Å²) in [5, 5.41) is 9.85. The summed E-state index contributed by atoms with van der Waals surface area (Å²) in [5.41, 5.74) is 2.40. The number of guanidine groups is 1. The molecule has 0 saturated carbocycles. The summed E-state index contributed by atoms with van der Waals surface area (Å²) in [5.74, 6) is 0.554. The monoisotopic (exact) mass is 500 g/mol. The SMILES string of the molecule is CN=C(NCCc1ccc(Cl)cc1)NCC(=O)NCCc1ccccc1.I. The Morgan fingerprint density at radius 2 is 1.48 bits per heavy atom. The zero-order chi connectivity index (χ0) is 18.6. The lowest BCUT2D eigenvalue weighted by Crippen LogP contribution is -2.44. The molecule has 2 aromatic carbocycles. The third-order valence-electron chi connectivity index (χ3n) is 3.84. The molecular formula is C20H26ClIN4O. The van der Waals surface area contributed by atoms with Crippen LogP contribution in [0.15, 0.2) is 59.6 Å². The van der Waals surface area contributed by atoms with Crippen LogP contribution >= 0.6 is 35.6 Å². The first kappa shape index (κ1) is 23.2. The summed E-state index contributed by atoms with van der Waals surface area (Å²) in [6.45, 7) is 1.53. The highest BCUT2D eigenvalue weighted by Gasteiger charge is 2.03. The van der Waals surface area contributed by atoms with Gasteiger partial charge >= 0.3 is 0 Å². The number of carbonyl (C=O) groups is 1. The third-order valence-corrected chi connectivity index (χ3v) is 4.09. The molecular weight excluding hydrogens is 475 g/mol. The van der Waals surface area contributed by atoms with Crippen molar-refractivity contribution in [3.8, 4) is 0 Å². The maximum absolute atomic E-state index is 11.9. The van der Waals surface area contributed by atoms with Crippen LogP contribution < -0.4 is 16.0 Å². The molecule has 0 atom stereocenters. The highest BCUT2D eigenvalue weighted by Crippen LogP contribution is 2.09. The van der Waals surface area contributed by atoms with Crippen molar-refractivity contribution < 1.29 is 4.79 Å². The normalized spacial score (nSPS) is 10.7. The first-order valence-electron chi connectivity index (χ1n) is 8.67. The Labute approximate surface area is 183 Å². The number of amides is 1. The van der Waals surface area contributed by atoms with Crippen molar-refractivity contribution in [3.05, 3.63) is 70.7 Å². The van der Waals surface area contributed by atoms with Gasteiger partial charge in [0.1, 0.15) is 0 Å². The molecule has 0 bridgehead atoms. The van der Waals surface area contributed by atoms with E-state index >= 15 is 0 Å². The third kappa shape index (κ3) is 9.63. The van der Waals surface area contributed by atoms with Gasteiger partial charge in [0.15, 0.2) is 5.96 Å². The number of aliphatic imine (C=N–C) groups is 1. The molecule has 0 radical (unpaired) electrons. The van der Waals surface area contributed by atoms with Crippen molar-refractivity contribution >= 4 is 47.4 Å². The van der Waals surface area contributed by atoms with Gasteiger partial charge < -0.3 is 16.0 Å². The van der Waals surface area contributed by atoms with Crippen molar-refractivity contribution in [2.75, 3.05) is 26.7 Å². The van der Waals surface area contributed by atoms with Gasteiger partial charge in [0, 0.05) is 25.2 Å². The average molecular weight is 501 g/mol. The van der Waals surface area contributed by atoms with Gasteiger partial charge in [0.2, 0.25) is 5.91 Å². The number of hydrogen-bond donors (Lipinski definition) is 3. The summed E-state index contributed by atoms with van der Waals surface area (Å²) < 4.78 is 0. The fourth-order valence-corrected chi connectivity index (χ4v) is 2.54. The minimum absolute atomic E-state index is 0. The van der Waals surface area contributed by atoms with E-state index in [0.29, 0.717) is 12.5 Å². The molecule has 0 aliphatic heterocycles. The van der Waals surface area contributed by atoms with Crippen molar-refractivity contribution in [1.29, 1.82) is 0 Å². The summed E-state index contributed by atoms with van der Waals surface area (Å²) >= 11 is 5.88. The quantitative estimate of drug-likeness (QED) is 0.297. The van der Waals surface area contributed by atoms with Crippen LogP contribution in [0.5, 0.6) is 0 Å². The maximum atomic E-state index is 11.9. The fraction of sp³-hybridized carbons (Fsp3) is 0.300. The summed E-state index contributed by atoms with van der Waals surface area (Å²) in [6.07, 6.45) is 1.67. The van der Waals surface area contributed by atoms with E-state index in [1.807, 2.05) is 42.5 Å². The number of nitrogens with one attached hydrogen (secondary N) is 3. The molecule has 7 heteroatoms. The molecule has 3 N–H and O–H groups in total. The molecule has 0 spiro atoms. The minimum atomic E-state index is -0.0541. The Kier molecular flexibility index (Phi) is 11.5. The van der Waals surface area contributed by atoms with Gasteiger partial charge in [-0.2, -0.15) is 0 Å². The Balaban J connectivity index is 0.00000364. The molecule has 2 aromatic rings.